The van der Waals surface area contributed by atoms with Gasteiger partial charge in [0.25, 0.3) is 0 Å². The molecule has 2 aliphatic heterocycles. The van der Waals surface area contributed by atoms with E-state index < -0.39 is 0 Å². The number of carbonyl (C=O) groups is 1. The summed E-state index contributed by atoms with van der Waals surface area (Å²) in [7, 11) is 2.31. The maximum atomic E-state index is 12.9. The van der Waals surface area contributed by atoms with Crippen LogP contribution < -0.4 is 34.6 Å². The number of benzene rings is 1. The molecular weight excluding hydrogens is 374 g/mol. The Kier molecular flexibility index (Phi) is 9.53. The first-order chi connectivity index (χ1) is 11.6. The molecule has 0 saturated carbocycles. The fourth-order valence-electron chi connectivity index (χ4n) is 4.37. The molecule has 0 aromatic heterocycles. The fourth-order valence-corrected chi connectivity index (χ4v) is 4.37. The lowest BCUT2D eigenvalue weighted by Crippen LogP contribution is -3.14. The van der Waals surface area contributed by atoms with Crippen LogP contribution in [-0.4, -0.2) is 45.6 Å². The number of halogens is 3. The number of hydrogen-bond acceptors (Lipinski definition) is 1. The first kappa shape index (κ1) is 23.4. The van der Waals surface area contributed by atoms with Gasteiger partial charge in [-0.2, -0.15) is 0 Å². The summed E-state index contributed by atoms with van der Waals surface area (Å²) in [5, 5.41) is 0. The highest BCUT2D eigenvalue weighted by molar-refractivity contribution is 5.95. The molecule has 0 atom stereocenters. The molecule has 0 aliphatic carbocycles. The molecule has 6 heteroatoms. The van der Waals surface area contributed by atoms with E-state index in [4.69, 9.17) is 0 Å². The van der Waals surface area contributed by atoms with Crippen LogP contribution in [0.5, 0.6) is 0 Å². The first-order valence-electron chi connectivity index (χ1n) is 9.50. The topological polar surface area (TPSA) is 26.0 Å². The van der Waals surface area contributed by atoms with Gasteiger partial charge in [0.2, 0.25) is 0 Å². The molecule has 0 bridgehead atoms. The summed E-state index contributed by atoms with van der Waals surface area (Å²) in [4.78, 5) is 15.5. The summed E-state index contributed by atoms with van der Waals surface area (Å²) >= 11 is 0. The van der Waals surface area contributed by atoms with Crippen molar-refractivity contribution in [3.8, 4) is 0 Å². The molecule has 1 aromatic rings. The predicted octanol–water partition coefficient (Wildman–Crippen LogP) is -5.23. The molecular formula is C20H31Cl2FN2O. The third-order valence-electron chi connectivity index (χ3n) is 6.28. The molecule has 3 nitrogen and oxygen atoms in total. The van der Waals surface area contributed by atoms with Gasteiger partial charge in [0.05, 0.1) is 39.8 Å². The third kappa shape index (κ3) is 6.19. The van der Waals surface area contributed by atoms with Crippen LogP contribution in [0.3, 0.4) is 0 Å². The minimum atomic E-state index is -0.284. The average molecular weight is 405 g/mol. The predicted molar refractivity (Wildman–Crippen MR) is 93.0 cm³/mol. The number of rotatable bonds is 5. The number of nitrogens with one attached hydrogen (secondary N) is 2. The van der Waals surface area contributed by atoms with Gasteiger partial charge in [0.1, 0.15) is 5.82 Å². The van der Waals surface area contributed by atoms with Crippen molar-refractivity contribution in [1.29, 1.82) is 0 Å². The summed E-state index contributed by atoms with van der Waals surface area (Å²) in [6.45, 7) is 6.30. The number of carbonyl (C=O) groups excluding carboxylic acids is 1. The highest BCUT2D eigenvalue weighted by Gasteiger charge is 2.39. The second kappa shape index (κ2) is 10.6. The van der Waals surface area contributed by atoms with Gasteiger partial charge in [-0.15, -0.1) is 0 Å². The SMILES string of the molecule is C[NH+]1CCC2(CC1)CC[NH+](CCCC(=O)c1ccc(F)cc1)CC2.[Cl-].[Cl-]. The van der Waals surface area contributed by atoms with E-state index in [0.717, 1.165) is 13.0 Å². The maximum absolute atomic E-state index is 12.9. The van der Waals surface area contributed by atoms with Crippen LogP contribution in [0.1, 0.15) is 48.9 Å². The summed E-state index contributed by atoms with van der Waals surface area (Å²) in [5.41, 5.74) is 1.27. The molecule has 1 spiro atoms. The van der Waals surface area contributed by atoms with Crippen molar-refractivity contribution < 1.29 is 43.8 Å². The average Bonchev–Trinajstić information content (AvgIpc) is 2.60. The van der Waals surface area contributed by atoms with Crippen LogP contribution in [0.25, 0.3) is 0 Å². The quantitative estimate of drug-likeness (QED) is 0.471. The maximum Gasteiger partial charge on any atom is 0.163 e. The number of Topliss-reactive ketones (excluding diaryl/α,β-unsaturated/α-hetero) is 1. The Hall–Kier alpha value is -0.680. The van der Waals surface area contributed by atoms with Crippen LogP contribution in [0.15, 0.2) is 24.3 Å². The Morgan fingerprint density at radius 1 is 1.00 bits per heavy atom. The lowest BCUT2D eigenvalue weighted by Gasteiger charge is -2.43. The van der Waals surface area contributed by atoms with Crippen molar-refractivity contribution >= 4 is 5.78 Å². The third-order valence-corrected chi connectivity index (χ3v) is 6.28. The Labute approximate surface area is 169 Å². The van der Waals surface area contributed by atoms with E-state index in [0.29, 0.717) is 17.4 Å². The Morgan fingerprint density at radius 3 is 2.12 bits per heavy atom. The Bertz CT molecular complexity index is 549. The van der Waals surface area contributed by atoms with Gasteiger partial charge in [-0.3, -0.25) is 4.79 Å². The van der Waals surface area contributed by atoms with Crippen molar-refractivity contribution in [3.63, 3.8) is 0 Å². The Morgan fingerprint density at radius 2 is 1.54 bits per heavy atom. The van der Waals surface area contributed by atoms with E-state index in [2.05, 4.69) is 7.05 Å². The highest BCUT2D eigenvalue weighted by Crippen LogP contribution is 2.35. The van der Waals surface area contributed by atoms with E-state index in [-0.39, 0.29) is 36.4 Å². The van der Waals surface area contributed by atoms with Crippen molar-refractivity contribution in [1.82, 2.24) is 0 Å². The number of ketones is 1. The van der Waals surface area contributed by atoms with E-state index >= 15 is 0 Å². The van der Waals surface area contributed by atoms with Gasteiger partial charge in [-0.25, -0.2) is 4.39 Å². The molecule has 0 amide bonds. The van der Waals surface area contributed by atoms with Gasteiger partial charge in [-0.1, -0.05) is 0 Å². The van der Waals surface area contributed by atoms with E-state index in [1.54, 1.807) is 21.9 Å². The normalized spacial score (nSPS) is 28.1. The zero-order valence-electron chi connectivity index (χ0n) is 15.6. The second-order valence-corrected chi connectivity index (χ2v) is 7.99. The number of quaternary nitrogens is 2. The zero-order valence-corrected chi connectivity index (χ0v) is 17.1. The summed E-state index contributed by atoms with van der Waals surface area (Å²) in [5.74, 6) is -0.144. The van der Waals surface area contributed by atoms with Crippen molar-refractivity contribution in [2.45, 2.75) is 38.5 Å². The van der Waals surface area contributed by atoms with Crippen LogP contribution in [-0.2, 0) is 0 Å². The number of piperidine rings is 2. The van der Waals surface area contributed by atoms with Gasteiger partial charge >= 0.3 is 0 Å². The number of likely N-dealkylation sites (tertiary alicyclic amines) is 2. The monoisotopic (exact) mass is 404 g/mol. The van der Waals surface area contributed by atoms with Crippen molar-refractivity contribution in [2.75, 3.05) is 39.8 Å². The molecule has 2 fully saturated rings. The van der Waals surface area contributed by atoms with E-state index in [1.807, 2.05) is 0 Å². The summed E-state index contributed by atoms with van der Waals surface area (Å²) in [6.07, 6.45) is 7.03. The fraction of sp³-hybridized carbons (Fsp3) is 0.650. The van der Waals surface area contributed by atoms with Gasteiger partial charge < -0.3 is 34.6 Å². The largest absolute Gasteiger partial charge is 1.00 e. The first-order valence-corrected chi connectivity index (χ1v) is 9.50. The van der Waals surface area contributed by atoms with Crippen molar-refractivity contribution in [3.05, 3.63) is 35.6 Å². The molecule has 2 N–H and O–H groups in total. The van der Waals surface area contributed by atoms with E-state index in [1.165, 1.54) is 64.0 Å². The smallest absolute Gasteiger partial charge is 0.163 e. The van der Waals surface area contributed by atoms with E-state index in [9.17, 15) is 9.18 Å². The Balaban J connectivity index is 0.00000169. The van der Waals surface area contributed by atoms with Crippen LogP contribution in [0, 0.1) is 11.2 Å². The molecule has 1 aromatic carbocycles. The standard InChI is InChI=1S/C20H29FN2O.2ClH/c1-22-13-8-20(9-14-22)10-15-23(16-11-20)12-2-3-19(24)17-4-6-18(21)7-5-17;;/h4-7H,2-3,8-16H2,1H3;2*1H. The van der Waals surface area contributed by atoms with Gasteiger partial charge in [0, 0.05) is 44.1 Å². The van der Waals surface area contributed by atoms with Crippen molar-refractivity contribution in [2.24, 2.45) is 5.41 Å². The highest BCUT2D eigenvalue weighted by atomic mass is 35.5. The van der Waals surface area contributed by atoms with Crippen LogP contribution >= 0.6 is 0 Å². The minimum absolute atomic E-state index is 0. The summed E-state index contributed by atoms with van der Waals surface area (Å²) < 4.78 is 12.9. The van der Waals surface area contributed by atoms with Crippen LogP contribution in [0.4, 0.5) is 4.39 Å². The summed E-state index contributed by atoms with van der Waals surface area (Å²) in [6, 6.07) is 5.92. The molecule has 0 radical (unpaired) electrons. The molecule has 2 saturated heterocycles. The lowest BCUT2D eigenvalue weighted by molar-refractivity contribution is -0.912. The molecule has 148 valence electrons. The number of hydrogen-bond donors (Lipinski definition) is 2. The van der Waals surface area contributed by atoms with Gasteiger partial charge in [0.15, 0.2) is 5.78 Å². The zero-order chi connectivity index (χ0) is 17.0. The lowest BCUT2D eigenvalue weighted by atomic mass is 9.71. The molecule has 3 rings (SSSR count). The van der Waals surface area contributed by atoms with Crippen LogP contribution in [0.2, 0.25) is 0 Å². The second-order valence-electron chi connectivity index (χ2n) is 7.99. The molecule has 26 heavy (non-hydrogen) atoms. The van der Waals surface area contributed by atoms with Gasteiger partial charge in [-0.05, 0) is 29.7 Å². The molecule has 0 unspecified atom stereocenters. The molecule has 2 heterocycles. The molecule has 2 aliphatic rings. The minimum Gasteiger partial charge on any atom is -1.00 e.